The third kappa shape index (κ3) is 6.94. The molecule has 0 saturated carbocycles. The van der Waals surface area contributed by atoms with Crippen molar-refractivity contribution in [1.82, 2.24) is 20.4 Å². The topological polar surface area (TPSA) is 118 Å². The van der Waals surface area contributed by atoms with Crippen LogP contribution in [0.25, 0.3) is 22.9 Å². The molecule has 2 N–H and O–H groups in total. The molecule has 0 bridgehead atoms. The number of hydrogen-bond acceptors (Lipinski definition) is 8. The van der Waals surface area contributed by atoms with Gasteiger partial charge in [0.1, 0.15) is 12.2 Å². The van der Waals surface area contributed by atoms with Crippen molar-refractivity contribution < 1.29 is 19.0 Å². The molecule has 2 aromatic carbocycles. The summed E-state index contributed by atoms with van der Waals surface area (Å²) in [6.45, 7) is 16.0. The van der Waals surface area contributed by atoms with Crippen LogP contribution < -0.4 is 0 Å². The molecule has 0 amide bonds. The molecule has 0 spiro atoms. The van der Waals surface area contributed by atoms with E-state index in [1.54, 1.807) is 0 Å². The fourth-order valence-electron chi connectivity index (χ4n) is 3.37. The van der Waals surface area contributed by atoms with Crippen molar-refractivity contribution in [2.75, 3.05) is 0 Å². The fourth-order valence-corrected chi connectivity index (χ4v) is 3.37. The standard InChI is InChI=1S/2C15H20N2O2/c2*1-5-15(3,4)12(18)14-17-16-13(19-14)11-8-6-10(2)7-9-11/h2*6-9,12,18H,5H2,1-4H3/t2*12-/m10/s1. The Balaban J connectivity index is 0.000000211. The van der Waals surface area contributed by atoms with Gasteiger partial charge in [0.25, 0.3) is 0 Å². The second-order valence-electron chi connectivity index (χ2n) is 11.1. The number of rotatable bonds is 8. The highest BCUT2D eigenvalue weighted by Gasteiger charge is 2.32. The molecule has 4 aromatic rings. The normalized spacial score (nSPS) is 13.5. The van der Waals surface area contributed by atoms with E-state index < -0.39 is 12.2 Å². The number of aromatic nitrogens is 4. The van der Waals surface area contributed by atoms with E-state index in [0.717, 1.165) is 24.0 Å². The van der Waals surface area contributed by atoms with Gasteiger partial charge in [-0.05, 0) is 61.8 Å². The lowest BCUT2D eigenvalue weighted by Crippen LogP contribution is -2.21. The fraction of sp³-hybridized carbons (Fsp3) is 0.467. The van der Waals surface area contributed by atoms with Gasteiger partial charge in [0.15, 0.2) is 0 Å². The van der Waals surface area contributed by atoms with Crippen LogP contribution in [0.15, 0.2) is 57.4 Å². The molecule has 2 heterocycles. The van der Waals surface area contributed by atoms with Crippen LogP contribution in [-0.4, -0.2) is 30.6 Å². The summed E-state index contributed by atoms with van der Waals surface area (Å²) in [5.74, 6) is 1.45. The van der Waals surface area contributed by atoms with Gasteiger partial charge >= 0.3 is 0 Å². The Morgan fingerprint density at radius 1 is 0.605 bits per heavy atom. The number of aliphatic hydroxyl groups excluding tert-OH is 2. The number of benzene rings is 2. The first-order valence-corrected chi connectivity index (χ1v) is 13.0. The lowest BCUT2D eigenvalue weighted by molar-refractivity contribution is 0.0246. The Labute approximate surface area is 225 Å². The van der Waals surface area contributed by atoms with Crippen LogP contribution in [0.5, 0.6) is 0 Å². The van der Waals surface area contributed by atoms with Gasteiger partial charge in [-0.15, -0.1) is 20.4 Å². The first-order valence-electron chi connectivity index (χ1n) is 13.0. The summed E-state index contributed by atoms with van der Waals surface area (Å²) < 4.78 is 11.2. The minimum atomic E-state index is -0.746. The van der Waals surface area contributed by atoms with E-state index in [0.29, 0.717) is 11.8 Å². The Kier molecular flexibility index (Phi) is 9.22. The van der Waals surface area contributed by atoms with Crippen molar-refractivity contribution in [2.24, 2.45) is 10.8 Å². The Bertz CT molecular complexity index is 1190. The zero-order valence-electron chi connectivity index (χ0n) is 23.7. The van der Waals surface area contributed by atoms with E-state index in [-0.39, 0.29) is 22.6 Å². The lowest BCUT2D eigenvalue weighted by Gasteiger charge is -2.26. The molecular formula is C30H40N4O4. The summed E-state index contributed by atoms with van der Waals surface area (Å²) in [5.41, 5.74) is 3.52. The molecule has 0 aliphatic rings. The zero-order valence-corrected chi connectivity index (χ0v) is 23.7. The van der Waals surface area contributed by atoms with Crippen LogP contribution in [0.3, 0.4) is 0 Å². The van der Waals surface area contributed by atoms with E-state index in [9.17, 15) is 10.2 Å². The van der Waals surface area contributed by atoms with Crippen molar-refractivity contribution >= 4 is 0 Å². The van der Waals surface area contributed by atoms with Crippen molar-refractivity contribution in [2.45, 2.75) is 80.4 Å². The second kappa shape index (κ2) is 12.0. The van der Waals surface area contributed by atoms with Gasteiger partial charge in [0.2, 0.25) is 23.6 Å². The largest absolute Gasteiger partial charge is 0.418 e. The van der Waals surface area contributed by atoms with E-state index >= 15 is 0 Å². The third-order valence-corrected chi connectivity index (χ3v) is 7.25. The van der Waals surface area contributed by atoms with Crippen LogP contribution in [0.1, 0.15) is 89.5 Å². The van der Waals surface area contributed by atoms with Gasteiger partial charge < -0.3 is 19.0 Å². The maximum atomic E-state index is 10.3. The van der Waals surface area contributed by atoms with Crippen molar-refractivity contribution in [3.63, 3.8) is 0 Å². The van der Waals surface area contributed by atoms with E-state index in [1.807, 2.05) is 104 Å². The minimum Gasteiger partial charge on any atom is -0.418 e. The molecule has 0 fully saturated rings. The molecule has 0 saturated heterocycles. The Morgan fingerprint density at radius 3 is 1.21 bits per heavy atom. The van der Waals surface area contributed by atoms with Gasteiger partial charge in [-0.3, -0.25) is 0 Å². The molecule has 204 valence electrons. The van der Waals surface area contributed by atoms with E-state index in [4.69, 9.17) is 8.83 Å². The smallest absolute Gasteiger partial charge is 0.247 e. The third-order valence-electron chi connectivity index (χ3n) is 7.25. The van der Waals surface area contributed by atoms with Crippen LogP contribution in [0.2, 0.25) is 0 Å². The molecule has 38 heavy (non-hydrogen) atoms. The number of nitrogens with zero attached hydrogens (tertiary/aromatic N) is 4. The lowest BCUT2D eigenvalue weighted by atomic mass is 9.84. The summed E-state index contributed by atoms with van der Waals surface area (Å²) in [6.07, 6.45) is 0.167. The highest BCUT2D eigenvalue weighted by atomic mass is 16.4. The number of aryl methyl sites for hydroxylation is 2. The molecule has 0 aliphatic heterocycles. The minimum absolute atomic E-state index is 0.280. The summed E-state index contributed by atoms with van der Waals surface area (Å²) >= 11 is 0. The quantitative estimate of drug-likeness (QED) is 0.254. The first-order chi connectivity index (χ1) is 17.9. The van der Waals surface area contributed by atoms with E-state index in [2.05, 4.69) is 20.4 Å². The summed E-state index contributed by atoms with van der Waals surface area (Å²) in [5, 5.41) is 36.5. The van der Waals surface area contributed by atoms with Crippen LogP contribution in [0, 0.1) is 24.7 Å². The highest BCUT2D eigenvalue weighted by Crippen LogP contribution is 2.37. The molecular weight excluding hydrogens is 480 g/mol. The molecule has 8 nitrogen and oxygen atoms in total. The SMILES string of the molecule is CCC(C)(C)[C@@H](O)c1nnc(-c2ccc(C)cc2)o1.CCC(C)(C)[C@H](O)c1nnc(-c2ccc(C)cc2)o1. The predicted molar refractivity (Wildman–Crippen MR) is 147 cm³/mol. The first kappa shape index (κ1) is 29.2. The number of aliphatic hydroxyl groups is 2. The Morgan fingerprint density at radius 2 is 0.921 bits per heavy atom. The molecule has 8 heteroatoms. The van der Waals surface area contributed by atoms with Crippen LogP contribution in [0.4, 0.5) is 0 Å². The van der Waals surface area contributed by atoms with Crippen molar-refractivity contribution in [3.8, 4) is 22.9 Å². The summed E-state index contributed by atoms with van der Waals surface area (Å²) in [4.78, 5) is 0. The van der Waals surface area contributed by atoms with Crippen LogP contribution in [-0.2, 0) is 0 Å². The molecule has 4 rings (SSSR count). The Hall–Kier alpha value is -3.36. The second-order valence-corrected chi connectivity index (χ2v) is 11.1. The van der Waals surface area contributed by atoms with Gasteiger partial charge in [0, 0.05) is 11.1 Å². The van der Waals surface area contributed by atoms with Gasteiger partial charge in [0.05, 0.1) is 0 Å². The zero-order chi connectivity index (χ0) is 28.1. The average Bonchev–Trinajstić information content (AvgIpc) is 3.60. The number of hydrogen-bond donors (Lipinski definition) is 2. The van der Waals surface area contributed by atoms with Crippen molar-refractivity contribution in [1.29, 1.82) is 0 Å². The molecule has 0 unspecified atom stereocenters. The highest BCUT2D eigenvalue weighted by molar-refractivity contribution is 5.53. The predicted octanol–water partition coefficient (Wildman–Crippen LogP) is 7.03. The molecule has 2 aromatic heterocycles. The molecule has 0 aliphatic carbocycles. The maximum Gasteiger partial charge on any atom is 0.247 e. The summed E-state index contributed by atoms with van der Waals surface area (Å²) in [6, 6.07) is 15.7. The summed E-state index contributed by atoms with van der Waals surface area (Å²) in [7, 11) is 0. The van der Waals surface area contributed by atoms with Gasteiger partial charge in [-0.2, -0.15) is 0 Å². The van der Waals surface area contributed by atoms with E-state index in [1.165, 1.54) is 11.1 Å². The van der Waals surface area contributed by atoms with Crippen molar-refractivity contribution in [3.05, 3.63) is 71.4 Å². The maximum absolute atomic E-state index is 10.3. The van der Waals surface area contributed by atoms with Crippen LogP contribution >= 0.6 is 0 Å². The monoisotopic (exact) mass is 520 g/mol. The molecule has 2 atom stereocenters. The average molecular weight is 521 g/mol. The van der Waals surface area contributed by atoms with Gasteiger partial charge in [-0.1, -0.05) is 76.9 Å². The molecule has 0 radical (unpaired) electrons. The van der Waals surface area contributed by atoms with Gasteiger partial charge in [-0.25, -0.2) is 0 Å².